The van der Waals surface area contributed by atoms with Crippen LogP contribution in [0, 0.1) is 0 Å². The number of rotatable bonds is 7. The number of anilines is 2. The summed E-state index contributed by atoms with van der Waals surface area (Å²) in [7, 11) is 0. The number of nitrogens with one attached hydrogen (secondary N) is 1. The SMILES string of the molecule is CC(C)OC(=O)Nc1ccc2c(ccn2-c2ccc(OC3CCN(c4nc(C(C)C)no4)CC3)cn2)c1. The van der Waals surface area contributed by atoms with Crippen LogP contribution in [0.15, 0.2) is 53.3 Å². The Labute approximate surface area is 215 Å². The first-order valence-corrected chi connectivity index (χ1v) is 12.7. The molecule has 0 bridgehead atoms. The van der Waals surface area contributed by atoms with Crippen LogP contribution in [-0.2, 0) is 4.74 Å². The maximum absolute atomic E-state index is 11.9. The molecule has 0 spiro atoms. The molecule has 1 aliphatic rings. The van der Waals surface area contributed by atoms with Gasteiger partial charge in [0.1, 0.15) is 17.7 Å². The fraction of sp³-hybridized carbons (Fsp3) is 0.407. The highest BCUT2D eigenvalue weighted by Crippen LogP contribution is 2.26. The molecule has 0 unspecified atom stereocenters. The van der Waals surface area contributed by atoms with Crippen molar-refractivity contribution in [3.63, 3.8) is 0 Å². The number of ether oxygens (including phenoxy) is 2. The van der Waals surface area contributed by atoms with E-state index in [0.29, 0.717) is 11.7 Å². The summed E-state index contributed by atoms with van der Waals surface area (Å²) < 4.78 is 18.8. The van der Waals surface area contributed by atoms with E-state index in [1.807, 2.05) is 61.0 Å². The number of carbonyl (C=O) groups is 1. The molecule has 4 heterocycles. The number of fused-ring (bicyclic) bond motifs is 1. The second-order valence-corrected chi connectivity index (χ2v) is 9.78. The Hall–Kier alpha value is -4.08. The number of amides is 1. The van der Waals surface area contributed by atoms with Crippen LogP contribution in [0.25, 0.3) is 16.7 Å². The van der Waals surface area contributed by atoms with Crippen molar-refractivity contribution < 1.29 is 18.8 Å². The first-order chi connectivity index (χ1) is 17.9. The minimum atomic E-state index is -0.466. The minimum absolute atomic E-state index is 0.108. The van der Waals surface area contributed by atoms with Crippen molar-refractivity contribution in [1.82, 2.24) is 19.7 Å². The molecule has 4 aromatic rings. The number of hydrogen-bond acceptors (Lipinski definition) is 8. The molecule has 5 rings (SSSR count). The van der Waals surface area contributed by atoms with Crippen LogP contribution < -0.4 is 15.0 Å². The van der Waals surface area contributed by atoms with E-state index in [-0.39, 0.29) is 18.1 Å². The van der Waals surface area contributed by atoms with Gasteiger partial charge >= 0.3 is 12.1 Å². The minimum Gasteiger partial charge on any atom is -0.489 e. The highest BCUT2D eigenvalue weighted by molar-refractivity contribution is 5.90. The van der Waals surface area contributed by atoms with Crippen LogP contribution in [0.3, 0.4) is 0 Å². The van der Waals surface area contributed by atoms with E-state index in [2.05, 4.69) is 39.2 Å². The van der Waals surface area contributed by atoms with E-state index in [1.165, 1.54) is 0 Å². The maximum atomic E-state index is 11.9. The fourth-order valence-electron chi connectivity index (χ4n) is 4.31. The van der Waals surface area contributed by atoms with Gasteiger partial charge < -0.3 is 23.5 Å². The van der Waals surface area contributed by atoms with Gasteiger partial charge in [0.05, 0.1) is 17.8 Å². The first kappa shape index (κ1) is 24.6. The molecule has 10 nitrogen and oxygen atoms in total. The standard InChI is InChI=1S/C27H32N6O4/c1-17(2)25-30-26(37-31-25)32-12-10-21(11-13-32)36-22-6-8-24(28-16-22)33-14-9-19-15-20(5-7-23(19)33)29-27(34)35-18(3)4/h5-9,14-18,21H,10-13H2,1-4H3,(H,29,34). The highest BCUT2D eigenvalue weighted by atomic mass is 16.6. The lowest BCUT2D eigenvalue weighted by molar-refractivity contribution is 0.130. The molecule has 1 aliphatic heterocycles. The zero-order chi connectivity index (χ0) is 25.9. The molecule has 1 aromatic carbocycles. The third-order valence-electron chi connectivity index (χ3n) is 6.21. The summed E-state index contributed by atoms with van der Waals surface area (Å²) in [5.41, 5.74) is 1.66. The molecule has 194 valence electrons. The Bertz CT molecular complexity index is 1350. The quantitative estimate of drug-likeness (QED) is 0.350. The summed E-state index contributed by atoms with van der Waals surface area (Å²) >= 11 is 0. The molecule has 1 amide bonds. The van der Waals surface area contributed by atoms with Crippen molar-refractivity contribution in [2.45, 2.75) is 58.7 Å². The number of aromatic nitrogens is 4. The van der Waals surface area contributed by atoms with Gasteiger partial charge in [-0.3, -0.25) is 5.32 Å². The monoisotopic (exact) mass is 504 g/mol. The average molecular weight is 505 g/mol. The molecule has 0 atom stereocenters. The average Bonchev–Trinajstić information content (AvgIpc) is 3.52. The molecular formula is C27H32N6O4. The molecule has 0 radical (unpaired) electrons. The van der Waals surface area contributed by atoms with E-state index >= 15 is 0 Å². The van der Waals surface area contributed by atoms with Crippen LogP contribution in [-0.4, -0.2) is 51.1 Å². The van der Waals surface area contributed by atoms with Crippen molar-refractivity contribution >= 4 is 28.7 Å². The Balaban J connectivity index is 1.19. The van der Waals surface area contributed by atoms with E-state index in [1.54, 1.807) is 6.20 Å². The fourth-order valence-corrected chi connectivity index (χ4v) is 4.31. The third-order valence-corrected chi connectivity index (χ3v) is 6.21. The second-order valence-electron chi connectivity index (χ2n) is 9.78. The van der Waals surface area contributed by atoms with Crippen LogP contribution in [0.4, 0.5) is 16.5 Å². The number of nitrogens with zero attached hydrogens (tertiary/aromatic N) is 5. The van der Waals surface area contributed by atoms with Gasteiger partial charge in [-0.2, -0.15) is 4.98 Å². The second kappa shape index (κ2) is 10.5. The van der Waals surface area contributed by atoms with Crippen LogP contribution in [0.2, 0.25) is 0 Å². The van der Waals surface area contributed by atoms with Gasteiger partial charge in [0, 0.05) is 49.1 Å². The summed E-state index contributed by atoms with van der Waals surface area (Å²) in [5, 5.41) is 7.80. The lowest BCUT2D eigenvalue weighted by Gasteiger charge is -2.30. The van der Waals surface area contributed by atoms with E-state index in [9.17, 15) is 4.79 Å². The van der Waals surface area contributed by atoms with Gasteiger partial charge in [-0.15, -0.1) is 0 Å². The Morgan fingerprint density at radius 3 is 2.59 bits per heavy atom. The molecule has 3 aromatic heterocycles. The smallest absolute Gasteiger partial charge is 0.411 e. The Morgan fingerprint density at radius 2 is 1.92 bits per heavy atom. The summed E-state index contributed by atoms with van der Waals surface area (Å²) in [4.78, 5) is 23.1. The van der Waals surface area contributed by atoms with Crippen LogP contribution in [0.5, 0.6) is 5.75 Å². The molecule has 0 aliphatic carbocycles. The van der Waals surface area contributed by atoms with Gasteiger partial charge in [-0.1, -0.05) is 19.0 Å². The van der Waals surface area contributed by atoms with Gasteiger partial charge in [0.25, 0.3) is 0 Å². The highest BCUT2D eigenvalue weighted by Gasteiger charge is 2.24. The third kappa shape index (κ3) is 5.68. The molecule has 0 saturated carbocycles. The number of benzene rings is 1. The number of carbonyl (C=O) groups excluding carboxylic acids is 1. The number of pyridine rings is 1. The molecule has 37 heavy (non-hydrogen) atoms. The topological polar surface area (TPSA) is 108 Å². The summed E-state index contributed by atoms with van der Waals surface area (Å²) in [6.45, 7) is 9.34. The first-order valence-electron chi connectivity index (χ1n) is 12.7. The number of piperidine rings is 1. The summed E-state index contributed by atoms with van der Waals surface area (Å²) in [6, 6.07) is 12.2. The van der Waals surface area contributed by atoms with Crippen molar-refractivity contribution in [2.75, 3.05) is 23.3 Å². The van der Waals surface area contributed by atoms with Crippen molar-refractivity contribution in [3.05, 3.63) is 54.6 Å². The lowest BCUT2D eigenvalue weighted by Crippen LogP contribution is -2.38. The predicted molar refractivity (Wildman–Crippen MR) is 141 cm³/mol. The molecule has 1 N–H and O–H groups in total. The largest absolute Gasteiger partial charge is 0.489 e. The van der Waals surface area contributed by atoms with Gasteiger partial charge in [-0.25, -0.2) is 9.78 Å². The zero-order valence-corrected chi connectivity index (χ0v) is 21.5. The molecule has 1 saturated heterocycles. The van der Waals surface area contributed by atoms with Crippen molar-refractivity contribution in [1.29, 1.82) is 0 Å². The van der Waals surface area contributed by atoms with Crippen molar-refractivity contribution in [2.24, 2.45) is 0 Å². The lowest BCUT2D eigenvalue weighted by atomic mass is 10.1. The predicted octanol–water partition coefficient (Wildman–Crippen LogP) is 5.54. The van der Waals surface area contributed by atoms with Gasteiger partial charge in [0.2, 0.25) is 0 Å². The summed E-state index contributed by atoms with van der Waals surface area (Å²) in [5.74, 6) is 2.51. The summed E-state index contributed by atoms with van der Waals surface area (Å²) in [6.07, 6.45) is 4.92. The zero-order valence-electron chi connectivity index (χ0n) is 21.5. The van der Waals surface area contributed by atoms with E-state index in [4.69, 9.17) is 14.0 Å². The molecule has 10 heteroatoms. The van der Waals surface area contributed by atoms with E-state index < -0.39 is 6.09 Å². The normalized spacial score (nSPS) is 14.5. The van der Waals surface area contributed by atoms with E-state index in [0.717, 1.165) is 54.2 Å². The number of hydrogen-bond donors (Lipinski definition) is 1. The Kier molecular flexibility index (Phi) is 6.98. The van der Waals surface area contributed by atoms with Gasteiger partial charge in [0.15, 0.2) is 5.82 Å². The van der Waals surface area contributed by atoms with Crippen LogP contribution in [0.1, 0.15) is 52.3 Å². The Morgan fingerprint density at radius 1 is 1.11 bits per heavy atom. The maximum Gasteiger partial charge on any atom is 0.411 e. The van der Waals surface area contributed by atoms with Crippen molar-refractivity contribution in [3.8, 4) is 11.6 Å². The molecule has 1 fully saturated rings. The van der Waals surface area contributed by atoms with Gasteiger partial charge in [-0.05, 0) is 50.2 Å². The van der Waals surface area contributed by atoms with Crippen LogP contribution >= 0.6 is 0 Å². The molecular weight excluding hydrogens is 472 g/mol.